The van der Waals surface area contributed by atoms with Gasteiger partial charge in [0.15, 0.2) is 0 Å². The van der Waals surface area contributed by atoms with Gasteiger partial charge in [-0.1, -0.05) is 18.1 Å². The molecule has 2 heterocycles. The predicted octanol–water partition coefficient (Wildman–Crippen LogP) is 1.41. The van der Waals surface area contributed by atoms with E-state index in [1.165, 1.54) is 12.8 Å². The van der Waals surface area contributed by atoms with Crippen LogP contribution in [0, 0.1) is 0 Å². The van der Waals surface area contributed by atoms with Crippen molar-refractivity contribution in [3.8, 4) is 0 Å². The van der Waals surface area contributed by atoms with Crippen molar-refractivity contribution in [3.05, 3.63) is 11.9 Å². The standard InChI is InChI=1S/C13H20N4O/c1-16-11(10-14-15-16)12(18)13(6-2-3-7-13)17-8-4-5-9-17/h10H,2-9H2,1H3. The largest absolute Gasteiger partial charge is 0.291 e. The lowest BCUT2D eigenvalue weighted by Crippen LogP contribution is -2.52. The summed E-state index contributed by atoms with van der Waals surface area (Å²) in [6, 6.07) is 0. The summed E-state index contributed by atoms with van der Waals surface area (Å²) in [6.07, 6.45) is 8.37. The van der Waals surface area contributed by atoms with Crippen LogP contribution in [-0.2, 0) is 7.05 Å². The Balaban J connectivity index is 1.94. The first-order valence-corrected chi connectivity index (χ1v) is 6.88. The molecule has 98 valence electrons. The zero-order valence-electron chi connectivity index (χ0n) is 10.9. The average Bonchev–Trinajstić information content (AvgIpc) is 3.10. The van der Waals surface area contributed by atoms with Crippen LogP contribution in [0.25, 0.3) is 0 Å². The van der Waals surface area contributed by atoms with Crippen LogP contribution in [0.2, 0.25) is 0 Å². The Labute approximate surface area is 107 Å². The summed E-state index contributed by atoms with van der Waals surface area (Å²) in [6.45, 7) is 2.13. The quantitative estimate of drug-likeness (QED) is 0.759. The molecule has 18 heavy (non-hydrogen) atoms. The fourth-order valence-corrected chi connectivity index (χ4v) is 3.53. The lowest BCUT2D eigenvalue weighted by atomic mass is 9.88. The molecular weight excluding hydrogens is 228 g/mol. The van der Waals surface area contributed by atoms with E-state index in [-0.39, 0.29) is 11.3 Å². The zero-order valence-corrected chi connectivity index (χ0v) is 10.9. The molecule has 3 rings (SSSR count). The van der Waals surface area contributed by atoms with Crippen LogP contribution >= 0.6 is 0 Å². The maximum absolute atomic E-state index is 12.9. The molecule has 1 saturated carbocycles. The average molecular weight is 248 g/mol. The summed E-state index contributed by atoms with van der Waals surface area (Å²) >= 11 is 0. The molecule has 5 nitrogen and oxygen atoms in total. The highest BCUT2D eigenvalue weighted by atomic mass is 16.1. The van der Waals surface area contributed by atoms with Gasteiger partial charge in [0.1, 0.15) is 5.69 Å². The number of hydrogen-bond donors (Lipinski definition) is 0. The minimum absolute atomic E-state index is 0.231. The minimum atomic E-state index is -0.258. The molecule has 0 bridgehead atoms. The highest BCUT2D eigenvalue weighted by Gasteiger charge is 2.47. The van der Waals surface area contributed by atoms with Crippen LogP contribution in [-0.4, -0.2) is 44.3 Å². The van der Waals surface area contributed by atoms with Gasteiger partial charge in [0.2, 0.25) is 5.78 Å². The first-order valence-electron chi connectivity index (χ1n) is 6.88. The van der Waals surface area contributed by atoms with Crippen molar-refractivity contribution in [2.75, 3.05) is 13.1 Å². The molecule has 0 spiro atoms. The second-order valence-corrected chi connectivity index (χ2v) is 5.50. The lowest BCUT2D eigenvalue weighted by molar-refractivity contribution is 0.0616. The van der Waals surface area contributed by atoms with Gasteiger partial charge in [0, 0.05) is 7.05 Å². The summed E-state index contributed by atoms with van der Waals surface area (Å²) in [7, 11) is 1.80. The van der Waals surface area contributed by atoms with E-state index in [1.807, 2.05) is 0 Å². The van der Waals surface area contributed by atoms with E-state index in [2.05, 4.69) is 15.2 Å². The lowest BCUT2D eigenvalue weighted by Gasteiger charge is -2.37. The van der Waals surface area contributed by atoms with Gasteiger partial charge >= 0.3 is 0 Å². The van der Waals surface area contributed by atoms with E-state index in [4.69, 9.17) is 0 Å². The number of aromatic nitrogens is 3. The molecule has 0 unspecified atom stereocenters. The van der Waals surface area contributed by atoms with Gasteiger partial charge in [-0.2, -0.15) is 0 Å². The third-order valence-corrected chi connectivity index (χ3v) is 4.51. The molecule has 0 N–H and O–H groups in total. The molecule has 0 aromatic carbocycles. The van der Waals surface area contributed by atoms with Crippen LogP contribution in [0.4, 0.5) is 0 Å². The number of Topliss-reactive ketones (excluding diaryl/α,β-unsaturated/α-hetero) is 1. The molecule has 0 radical (unpaired) electrons. The topological polar surface area (TPSA) is 51.0 Å². The van der Waals surface area contributed by atoms with Crippen LogP contribution in [0.5, 0.6) is 0 Å². The van der Waals surface area contributed by atoms with E-state index in [1.54, 1.807) is 17.9 Å². The van der Waals surface area contributed by atoms with Crippen molar-refractivity contribution < 1.29 is 4.79 Å². The molecule has 2 fully saturated rings. The number of rotatable bonds is 3. The Morgan fingerprint density at radius 2 is 1.89 bits per heavy atom. The van der Waals surface area contributed by atoms with Crippen molar-refractivity contribution in [1.82, 2.24) is 19.9 Å². The van der Waals surface area contributed by atoms with Gasteiger partial charge in [0.25, 0.3) is 0 Å². The minimum Gasteiger partial charge on any atom is -0.291 e. The van der Waals surface area contributed by atoms with Crippen molar-refractivity contribution in [3.63, 3.8) is 0 Å². The number of carbonyl (C=O) groups excluding carboxylic acids is 1. The molecule has 1 saturated heterocycles. The highest BCUT2D eigenvalue weighted by molar-refractivity contribution is 6.02. The molecule has 1 aromatic heterocycles. The highest BCUT2D eigenvalue weighted by Crippen LogP contribution is 2.39. The smallest absolute Gasteiger partial charge is 0.202 e. The van der Waals surface area contributed by atoms with Gasteiger partial charge in [-0.25, -0.2) is 4.68 Å². The predicted molar refractivity (Wildman–Crippen MR) is 67.3 cm³/mol. The maximum atomic E-state index is 12.9. The van der Waals surface area contributed by atoms with Gasteiger partial charge in [-0.15, -0.1) is 5.10 Å². The molecular formula is C13H20N4O. The zero-order chi connectivity index (χ0) is 12.6. The Bertz CT molecular complexity index is 442. The molecule has 0 atom stereocenters. The third-order valence-electron chi connectivity index (χ3n) is 4.51. The fraction of sp³-hybridized carbons (Fsp3) is 0.769. The van der Waals surface area contributed by atoms with Crippen molar-refractivity contribution >= 4 is 5.78 Å². The van der Waals surface area contributed by atoms with Gasteiger partial charge < -0.3 is 0 Å². The number of ketones is 1. The third kappa shape index (κ3) is 1.68. The van der Waals surface area contributed by atoms with E-state index < -0.39 is 0 Å². The van der Waals surface area contributed by atoms with E-state index in [0.29, 0.717) is 5.69 Å². The van der Waals surface area contributed by atoms with Crippen LogP contribution in [0.15, 0.2) is 6.20 Å². The number of hydrogen-bond acceptors (Lipinski definition) is 4. The Morgan fingerprint density at radius 3 is 2.44 bits per heavy atom. The van der Waals surface area contributed by atoms with Crippen molar-refractivity contribution in [2.24, 2.45) is 7.05 Å². The van der Waals surface area contributed by atoms with Gasteiger partial charge in [-0.3, -0.25) is 9.69 Å². The molecule has 0 amide bonds. The van der Waals surface area contributed by atoms with E-state index >= 15 is 0 Å². The number of likely N-dealkylation sites (tertiary alicyclic amines) is 1. The second-order valence-electron chi connectivity index (χ2n) is 5.50. The maximum Gasteiger partial charge on any atom is 0.202 e. The van der Waals surface area contributed by atoms with Crippen molar-refractivity contribution in [2.45, 2.75) is 44.1 Å². The van der Waals surface area contributed by atoms with Crippen molar-refractivity contribution in [1.29, 1.82) is 0 Å². The number of aryl methyl sites for hydroxylation is 1. The summed E-state index contributed by atoms with van der Waals surface area (Å²) < 4.78 is 1.61. The summed E-state index contributed by atoms with van der Waals surface area (Å²) in [5.41, 5.74) is 0.398. The Hall–Kier alpha value is -1.23. The fourth-order valence-electron chi connectivity index (χ4n) is 3.53. The first-order chi connectivity index (χ1) is 8.74. The monoisotopic (exact) mass is 248 g/mol. The number of carbonyl (C=O) groups is 1. The molecule has 1 aliphatic carbocycles. The SMILES string of the molecule is Cn1nncc1C(=O)C1(N2CCCC2)CCCC1. The Kier molecular flexibility index (Phi) is 2.93. The van der Waals surface area contributed by atoms with E-state index in [0.717, 1.165) is 38.8 Å². The summed E-state index contributed by atoms with van der Waals surface area (Å²) in [4.78, 5) is 15.3. The van der Waals surface area contributed by atoms with Gasteiger partial charge in [-0.05, 0) is 38.8 Å². The van der Waals surface area contributed by atoms with Crippen LogP contribution < -0.4 is 0 Å². The molecule has 1 aromatic rings. The van der Waals surface area contributed by atoms with Crippen LogP contribution in [0.3, 0.4) is 0 Å². The molecule has 1 aliphatic heterocycles. The summed E-state index contributed by atoms with van der Waals surface area (Å²) in [5.74, 6) is 0.231. The molecule has 5 heteroatoms. The second kappa shape index (κ2) is 4.46. The first kappa shape index (κ1) is 11.8. The summed E-state index contributed by atoms with van der Waals surface area (Å²) in [5, 5.41) is 7.74. The van der Waals surface area contributed by atoms with E-state index in [9.17, 15) is 4.79 Å². The van der Waals surface area contributed by atoms with Crippen LogP contribution in [0.1, 0.15) is 49.0 Å². The van der Waals surface area contributed by atoms with Gasteiger partial charge in [0.05, 0.1) is 11.7 Å². The number of nitrogens with zero attached hydrogens (tertiary/aromatic N) is 4. The Morgan fingerprint density at radius 1 is 1.22 bits per heavy atom. The normalized spacial score (nSPS) is 23.6. The molecule has 2 aliphatic rings.